The van der Waals surface area contributed by atoms with E-state index in [9.17, 15) is 9.59 Å². The SMILES string of the molecule is Cc1ccc(-c2cc(C(=O)NC(C)c3cnc(C)nc3)cc(N3CCCC3=O)c2)nc1. The smallest absolute Gasteiger partial charge is 0.251 e. The van der Waals surface area contributed by atoms with Crippen LogP contribution in [0, 0.1) is 13.8 Å². The first kappa shape index (κ1) is 20.7. The number of anilines is 1. The summed E-state index contributed by atoms with van der Waals surface area (Å²) < 4.78 is 0. The first-order valence-corrected chi connectivity index (χ1v) is 10.4. The minimum atomic E-state index is -0.258. The molecule has 1 aromatic carbocycles. The molecule has 1 saturated heterocycles. The van der Waals surface area contributed by atoms with E-state index in [1.807, 2.05) is 45.0 Å². The fourth-order valence-corrected chi connectivity index (χ4v) is 3.60. The highest BCUT2D eigenvalue weighted by Gasteiger charge is 2.24. The van der Waals surface area contributed by atoms with Gasteiger partial charge in [-0.3, -0.25) is 14.6 Å². The lowest BCUT2D eigenvalue weighted by Gasteiger charge is -2.19. The maximum Gasteiger partial charge on any atom is 0.251 e. The van der Waals surface area contributed by atoms with Crippen molar-refractivity contribution in [2.45, 2.75) is 39.7 Å². The molecule has 0 radical (unpaired) electrons. The average molecular weight is 415 g/mol. The number of rotatable bonds is 5. The van der Waals surface area contributed by atoms with E-state index in [-0.39, 0.29) is 17.9 Å². The van der Waals surface area contributed by atoms with Crippen molar-refractivity contribution in [3.8, 4) is 11.3 Å². The summed E-state index contributed by atoms with van der Waals surface area (Å²) in [6, 6.07) is 9.16. The molecule has 158 valence electrons. The van der Waals surface area contributed by atoms with Crippen LogP contribution >= 0.6 is 0 Å². The van der Waals surface area contributed by atoms with Crippen LogP contribution in [0.2, 0.25) is 0 Å². The molecule has 2 aromatic heterocycles. The van der Waals surface area contributed by atoms with E-state index in [0.717, 1.165) is 34.5 Å². The Bertz CT molecular complexity index is 1110. The molecule has 3 aromatic rings. The predicted octanol–water partition coefficient (Wildman–Crippen LogP) is 3.77. The minimum Gasteiger partial charge on any atom is -0.345 e. The molecule has 31 heavy (non-hydrogen) atoms. The molecule has 1 N–H and O–H groups in total. The molecule has 0 aliphatic carbocycles. The van der Waals surface area contributed by atoms with E-state index >= 15 is 0 Å². The van der Waals surface area contributed by atoms with Crippen LogP contribution in [0.25, 0.3) is 11.3 Å². The number of pyridine rings is 1. The Labute approximate surface area is 181 Å². The third-order valence-corrected chi connectivity index (χ3v) is 5.42. The van der Waals surface area contributed by atoms with E-state index in [1.165, 1.54) is 0 Å². The van der Waals surface area contributed by atoms with Gasteiger partial charge in [-0.1, -0.05) is 6.07 Å². The third kappa shape index (κ3) is 4.60. The van der Waals surface area contributed by atoms with Gasteiger partial charge in [-0.05, 0) is 57.0 Å². The molecular formula is C24H25N5O2. The highest BCUT2D eigenvalue weighted by atomic mass is 16.2. The van der Waals surface area contributed by atoms with Gasteiger partial charge in [-0.2, -0.15) is 0 Å². The summed E-state index contributed by atoms with van der Waals surface area (Å²) in [5, 5.41) is 3.01. The number of aromatic nitrogens is 3. The van der Waals surface area contributed by atoms with Crippen molar-refractivity contribution >= 4 is 17.5 Å². The number of carbonyl (C=O) groups excluding carboxylic acids is 2. The fraction of sp³-hybridized carbons (Fsp3) is 0.292. The molecule has 1 atom stereocenters. The number of benzene rings is 1. The maximum absolute atomic E-state index is 13.1. The van der Waals surface area contributed by atoms with E-state index in [0.29, 0.717) is 24.4 Å². The molecule has 1 aliphatic rings. The van der Waals surface area contributed by atoms with Gasteiger partial charge in [0.05, 0.1) is 11.7 Å². The van der Waals surface area contributed by atoms with Gasteiger partial charge in [0, 0.05) is 53.9 Å². The van der Waals surface area contributed by atoms with Gasteiger partial charge in [0.1, 0.15) is 5.82 Å². The first-order chi connectivity index (χ1) is 14.9. The molecule has 7 heteroatoms. The number of nitrogens with one attached hydrogen (secondary N) is 1. The van der Waals surface area contributed by atoms with E-state index in [4.69, 9.17) is 0 Å². The summed E-state index contributed by atoms with van der Waals surface area (Å²) in [5.74, 6) is 0.529. The summed E-state index contributed by atoms with van der Waals surface area (Å²) in [6.45, 7) is 6.34. The average Bonchev–Trinajstić information content (AvgIpc) is 3.20. The largest absolute Gasteiger partial charge is 0.345 e. The van der Waals surface area contributed by atoms with Crippen LogP contribution in [-0.2, 0) is 4.79 Å². The second kappa shape index (κ2) is 8.63. The summed E-state index contributed by atoms with van der Waals surface area (Å²) in [5.41, 5.74) is 4.64. The summed E-state index contributed by atoms with van der Waals surface area (Å²) in [6.07, 6.45) is 6.57. The standard InChI is InChI=1S/C24H25N5O2/c1-15-6-7-22(27-12-15)18-9-19(11-21(10-18)29-8-4-5-23(29)30)24(31)28-16(2)20-13-25-17(3)26-14-20/h6-7,9-14,16H,4-5,8H2,1-3H3,(H,28,31). The van der Waals surface area contributed by atoms with Crippen molar-refractivity contribution in [1.82, 2.24) is 20.3 Å². The van der Waals surface area contributed by atoms with Gasteiger partial charge in [0.2, 0.25) is 5.91 Å². The Morgan fingerprint density at radius 3 is 2.48 bits per heavy atom. The van der Waals surface area contributed by atoms with E-state index in [1.54, 1.807) is 29.6 Å². The number of carbonyl (C=O) groups is 2. The minimum absolute atomic E-state index is 0.0746. The predicted molar refractivity (Wildman–Crippen MR) is 119 cm³/mol. The second-order valence-corrected chi connectivity index (χ2v) is 7.90. The van der Waals surface area contributed by atoms with Crippen LogP contribution in [0.1, 0.15) is 53.1 Å². The van der Waals surface area contributed by atoms with Gasteiger partial charge in [0.25, 0.3) is 5.91 Å². The van der Waals surface area contributed by atoms with Crippen LogP contribution in [0.5, 0.6) is 0 Å². The molecule has 0 bridgehead atoms. The van der Waals surface area contributed by atoms with Gasteiger partial charge in [0.15, 0.2) is 0 Å². The Kier molecular flexibility index (Phi) is 5.75. The van der Waals surface area contributed by atoms with Gasteiger partial charge in [-0.15, -0.1) is 0 Å². The Balaban J connectivity index is 1.67. The monoisotopic (exact) mass is 415 g/mol. The lowest BCUT2D eigenvalue weighted by Crippen LogP contribution is -2.28. The van der Waals surface area contributed by atoms with E-state index < -0.39 is 0 Å². The molecule has 7 nitrogen and oxygen atoms in total. The first-order valence-electron chi connectivity index (χ1n) is 10.4. The van der Waals surface area contributed by atoms with E-state index in [2.05, 4.69) is 20.3 Å². The number of hydrogen-bond acceptors (Lipinski definition) is 5. The Morgan fingerprint density at radius 2 is 1.84 bits per heavy atom. The van der Waals surface area contributed by atoms with Crippen LogP contribution in [0.4, 0.5) is 5.69 Å². The lowest BCUT2D eigenvalue weighted by atomic mass is 10.0. The zero-order valence-corrected chi connectivity index (χ0v) is 17.9. The number of nitrogens with zero attached hydrogens (tertiary/aromatic N) is 4. The second-order valence-electron chi connectivity index (χ2n) is 7.90. The Hall–Kier alpha value is -3.61. The zero-order valence-electron chi connectivity index (χ0n) is 17.9. The fourth-order valence-electron chi connectivity index (χ4n) is 3.60. The molecule has 1 aliphatic heterocycles. The molecule has 4 rings (SSSR count). The van der Waals surface area contributed by atoms with Crippen LogP contribution in [0.15, 0.2) is 48.9 Å². The van der Waals surface area contributed by atoms with Crippen molar-refractivity contribution in [3.05, 3.63) is 71.4 Å². The van der Waals surface area contributed by atoms with Crippen LogP contribution in [0.3, 0.4) is 0 Å². The normalized spacial score (nSPS) is 14.5. The van der Waals surface area contributed by atoms with Crippen molar-refractivity contribution < 1.29 is 9.59 Å². The molecule has 0 spiro atoms. The summed E-state index contributed by atoms with van der Waals surface area (Å²) >= 11 is 0. The third-order valence-electron chi connectivity index (χ3n) is 5.42. The van der Waals surface area contributed by atoms with Gasteiger partial charge >= 0.3 is 0 Å². The van der Waals surface area contributed by atoms with Gasteiger partial charge < -0.3 is 10.2 Å². The van der Waals surface area contributed by atoms with Crippen LogP contribution < -0.4 is 10.2 Å². The summed E-state index contributed by atoms with van der Waals surface area (Å²) in [7, 11) is 0. The summed E-state index contributed by atoms with van der Waals surface area (Å²) in [4.78, 5) is 40.1. The number of amides is 2. The molecular weight excluding hydrogens is 390 g/mol. The highest BCUT2D eigenvalue weighted by Crippen LogP contribution is 2.29. The highest BCUT2D eigenvalue weighted by molar-refractivity contribution is 6.00. The molecule has 2 amide bonds. The van der Waals surface area contributed by atoms with Crippen molar-refractivity contribution in [1.29, 1.82) is 0 Å². The number of hydrogen-bond donors (Lipinski definition) is 1. The number of aryl methyl sites for hydroxylation is 2. The topological polar surface area (TPSA) is 88.1 Å². The van der Waals surface area contributed by atoms with Gasteiger partial charge in [-0.25, -0.2) is 9.97 Å². The lowest BCUT2D eigenvalue weighted by molar-refractivity contribution is -0.117. The van der Waals surface area contributed by atoms with Crippen molar-refractivity contribution in [2.75, 3.05) is 11.4 Å². The van der Waals surface area contributed by atoms with Crippen molar-refractivity contribution in [3.63, 3.8) is 0 Å². The van der Waals surface area contributed by atoms with Crippen LogP contribution in [-0.4, -0.2) is 33.3 Å². The van der Waals surface area contributed by atoms with Crippen molar-refractivity contribution in [2.24, 2.45) is 0 Å². The molecule has 1 unspecified atom stereocenters. The molecule has 3 heterocycles. The maximum atomic E-state index is 13.1. The molecule has 0 saturated carbocycles. The molecule has 1 fully saturated rings. The quantitative estimate of drug-likeness (QED) is 0.685. The Morgan fingerprint density at radius 1 is 1.06 bits per heavy atom. The zero-order chi connectivity index (χ0) is 22.0.